The van der Waals surface area contributed by atoms with Gasteiger partial charge in [-0.3, -0.25) is 4.90 Å². The van der Waals surface area contributed by atoms with E-state index in [1.807, 2.05) is 6.92 Å². The number of aliphatic hydroxyl groups is 1. The van der Waals surface area contributed by atoms with Crippen molar-refractivity contribution in [2.45, 2.75) is 32.4 Å². The number of hydrogen-bond donors (Lipinski definition) is 1. The molecule has 1 fully saturated rings. The Morgan fingerprint density at radius 1 is 1.36 bits per heavy atom. The van der Waals surface area contributed by atoms with E-state index in [9.17, 15) is 13.5 Å². The van der Waals surface area contributed by atoms with Gasteiger partial charge in [-0.25, -0.2) is 8.42 Å². The van der Waals surface area contributed by atoms with Gasteiger partial charge >= 0.3 is 0 Å². The first kappa shape index (κ1) is 11.9. The molecule has 0 amide bonds. The van der Waals surface area contributed by atoms with Crippen molar-refractivity contribution in [3.05, 3.63) is 0 Å². The molecule has 0 aromatic heterocycles. The van der Waals surface area contributed by atoms with Crippen LogP contribution in [0.2, 0.25) is 0 Å². The van der Waals surface area contributed by atoms with Gasteiger partial charge in [-0.1, -0.05) is 13.8 Å². The van der Waals surface area contributed by atoms with Crippen LogP contribution < -0.4 is 0 Å². The summed E-state index contributed by atoms with van der Waals surface area (Å²) in [6.45, 7) is 5.70. The second kappa shape index (κ2) is 4.59. The highest BCUT2D eigenvalue weighted by molar-refractivity contribution is 7.91. The summed E-state index contributed by atoms with van der Waals surface area (Å²) in [7, 11) is -3.01. The summed E-state index contributed by atoms with van der Waals surface area (Å²) in [4.78, 5) is 2.05. The zero-order chi connectivity index (χ0) is 10.8. The Bertz CT molecular complexity index is 276. The molecular formula is C9H19NO3S. The average molecular weight is 221 g/mol. The largest absolute Gasteiger partial charge is 0.390 e. The second-order valence-corrected chi connectivity index (χ2v) is 5.99. The van der Waals surface area contributed by atoms with E-state index in [0.29, 0.717) is 0 Å². The number of aliphatic hydroxyl groups excluding tert-OH is 1. The summed E-state index contributed by atoms with van der Waals surface area (Å²) < 4.78 is 22.6. The van der Waals surface area contributed by atoms with E-state index in [-0.39, 0.29) is 17.5 Å². The first-order valence-electron chi connectivity index (χ1n) is 5.12. The molecule has 1 heterocycles. The second-order valence-electron chi connectivity index (χ2n) is 3.84. The van der Waals surface area contributed by atoms with Crippen LogP contribution in [0.1, 0.15) is 20.3 Å². The third kappa shape index (κ3) is 2.68. The van der Waals surface area contributed by atoms with Crippen molar-refractivity contribution in [1.29, 1.82) is 0 Å². The first-order chi connectivity index (χ1) is 6.50. The number of likely N-dealkylation sites (N-methyl/N-ethyl adjacent to an activating group) is 1. The summed E-state index contributed by atoms with van der Waals surface area (Å²) in [5, 5.41) is 9.63. The summed E-state index contributed by atoms with van der Waals surface area (Å²) in [6, 6.07) is -0.190. The lowest BCUT2D eigenvalue weighted by atomic mass is 10.2. The van der Waals surface area contributed by atoms with Crippen LogP contribution in [0.5, 0.6) is 0 Å². The Kier molecular flexibility index (Phi) is 3.92. The Morgan fingerprint density at radius 2 is 2.00 bits per heavy atom. The van der Waals surface area contributed by atoms with Gasteiger partial charge in [-0.15, -0.1) is 0 Å². The molecule has 1 aliphatic rings. The summed E-state index contributed by atoms with van der Waals surface area (Å²) in [5.74, 6) is 0.0416. The minimum atomic E-state index is -3.01. The topological polar surface area (TPSA) is 57.6 Å². The molecule has 0 aliphatic carbocycles. The van der Waals surface area contributed by atoms with Crippen molar-refractivity contribution in [2.75, 3.05) is 24.6 Å². The van der Waals surface area contributed by atoms with Crippen LogP contribution in [0.15, 0.2) is 0 Å². The summed E-state index contributed by atoms with van der Waals surface area (Å²) in [6.07, 6.45) is 0.281. The standard InChI is InChI=1S/C9H19NO3S/c1-3-5-10(4-2)8-6-14(12,13)7-9(8)11/h8-9,11H,3-7H2,1-2H3. The highest BCUT2D eigenvalue weighted by atomic mass is 32.2. The smallest absolute Gasteiger partial charge is 0.154 e. The molecule has 1 rings (SSSR count). The van der Waals surface area contributed by atoms with E-state index in [0.717, 1.165) is 19.5 Å². The average Bonchev–Trinajstić information content (AvgIpc) is 2.35. The third-order valence-corrected chi connectivity index (χ3v) is 4.38. The van der Waals surface area contributed by atoms with Crippen LogP contribution in [0, 0.1) is 0 Å². The summed E-state index contributed by atoms with van der Waals surface area (Å²) >= 11 is 0. The van der Waals surface area contributed by atoms with Crippen LogP contribution in [0.25, 0.3) is 0 Å². The van der Waals surface area contributed by atoms with E-state index in [4.69, 9.17) is 0 Å². The lowest BCUT2D eigenvalue weighted by molar-refractivity contribution is 0.0866. The number of nitrogens with zero attached hydrogens (tertiary/aromatic N) is 1. The van der Waals surface area contributed by atoms with Gasteiger partial charge in [0.15, 0.2) is 9.84 Å². The van der Waals surface area contributed by atoms with Crippen molar-refractivity contribution in [1.82, 2.24) is 4.90 Å². The Labute approximate surface area is 85.8 Å². The maximum Gasteiger partial charge on any atom is 0.154 e. The molecule has 2 atom stereocenters. The van der Waals surface area contributed by atoms with Crippen LogP contribution in [0.3, 0.4) is 0 Å². The molecule has 84 valence electrons. The highest BCUT2D eigenvalue weighted by Crippen LogP contribution is 2.18. The molecule has 1 saturated heterocycles. The molecule has 0 spiro atoms. The molecule has 1 N–H and O–H groups in total. The Hall–Kier alpha value is -0.130. The first-order valence-corrected chi connectivity index (χ1v) is 6.94. The molecule has 0 aromatic carbocycles. The van der Waals surface area contributed by atoms with E-state index in [2.05, 4.69) is 11.8 Å². The predicted molar refractivity (Wildman–Crippen MR) is 56.0 cm³/mol. The fourth-order valence-electron chi connectivity index (χ4n) is 2.00. The molecule has 0 bridgehead atoms. The SMILES string of the molecule is CCCN(CC)C1CS(=O)(=O)CC1O. The zero-order valence-electron chi connectivity index (χ0n) is 8.81. The van der Waals surface area contributed by atoms with Crippen molar-refractivity contribution >= 4 is 9.84 Å². The molecule has 14 heavy (non-hydrogen) atoms. The van der Waals surface area contributed by atoms with Crippen molar-refractivity contribution in [3.63, 3.8) is 0 Å². The van der Waals surface area contributed by atoms with Gasteiger partial charge in [0.05, 0.1) is 23.7 Å². The van der Waals surface area contributed by atoms with Gasteiger partial charge < -0.3 is 5.11 Å². The van der Waals surface area contributed by atoms with Gasteiger partial charge in [0.25, 0.3) is 0 Å². The Morgan fingerprint density at radius 3 is 2.36 bits per heavy atom. The van der Waals surface area contributed by atoms with Gasteiger partial charge in [0, 0.05) is 0 Å². The van der Waals surface area contributed by atoms with Crippen molar-refractivity contribution in [2.24, 2.45) is 0 Å². The zero-order valence-corrected chi connectivity index (χ0v) is 9.63. The van der Waals surface area contributed by atoms with Crippen LogP contribution >= 0.6 is 0 Å². The minimum absolute atomic E-state index is 0.0715. The number of hydrogen-bond acceptors (Lipinski definition) is 4. The molecule has 0 radical (unpaired) electrons. The van der Waals surface area contributed by atoms with Crippen molar-refractivity contribution < 1.29 is 13.5 Å². The van der Waals surface area contributed by atoms with Crippen LogP contribution in [-0.2, 0) is 9.84 Å². The van der Waals surface area contributed by atoms with Gasteiger partial charge in [-0.2, -0.15) is 0 Å². The fourth-order valence-corrected chi connectivity index (χ4v) is 3.84. The van der Waals surface area contributed by atoms with E-state index in [1.54, 1.807) is 0 Å². The van der Waals surface area contributed by atoms with Crippen LogP contribution in [-0.4, -0.2) is 55.2 Å². The highest BCUT2D eigenvalue weighted by Gasteiger charge is 2.38. The molecular weight excluding hydrogens is 202 g/mol. The van der Waals surface area contributed by atoms with Crippen LogP contribution in [0.4, 0.5) is 0 Å². The lowest BCUT2D eigenvalue weighted by Gasteiger charge is -2.28. The molecule has 1 aliphatic heterocycles. The maximum atomic E-state index is 11.3. The Balaban J connectivity index is 2.68. The summed E-state index contributed by atoms with van der Waals surface area (Å²) in [5.41, 5.74) is 0. The monoisotopic (exact) mass is 221 g/mol. The number of sulfone groups is 1. The maximum absolute atomic E-state index is 11.3. The molecule has 4 nitrogen and oxygen atoms in total. The molecule has 0 saturated carbocycles. The number of rotatable bonds is 4. The minimum Gasteiger partial charge on any atom is -0.390 e. The van der Waals surface area contributed by atoms with Crippen molar-refractivity contribution in [3.8, 4) is 0 Å². The molecule has 0 aromatic rings. The van der Waals surface area contributed by atoms with Gasteiger partial charge in [0.1, 0.15) is 0 Å². The van der Waals surface area contributed by atoms with E-state index >= 15 is 0 Å². The fraction of sp³-hybridized carbons (Fsp3) is 1.00. The quantitative estimate of drug-likeness (QED) is 0.719. The molecule has 2 unspecified atom stereocenters. The van der Waals surface area contributed by atoms with Gasteiger partial charge in [0.2, 0.25) is 0 Å². The lowest BCUT2D eigenvalue weighted by Crippen LogP contribution is -2.43. The van der Waals surface area contributed by atoms with E-state index in [1.165, 1.54) is 0 Å². The third-order valence-electron chi connectivity index (χ3n) is 2.68. The van der Waals surface area contributed by atoms with Gasteiger partial charge in [-0.05, 0) is 19.5 Å². The predicted octanol–water partition coefficient (Wildman–Crippen LogP) is -0.124. The normalized spacial score (nSPS) is 31.1. The van der Waals surface area contributed by atoms with E-state index < -0.39 is 15.9 Å². The molecule has 5 heteroatoms.